The zero-order valence-corrected chi connectivity index (χ0v) is 17.1. The van der Waals surface area contributed by atoms with Crippen LogP contribution in [0.5, 0.6) is 0 Å². The van der Waals surface area contributed by atoms with Gasteiger partial charge in [0, 0.05) is 38.5 Å². The van der Waals surface area contributed by atoms with Crippen molar-refractivity contribution < 1.29 is 19.2 Å². The van der Waals surface area contributed by atoms with Crippen LogP contribution in [0.1, 0.15) is 30.9 Å². The van der Waals surface area contributed by atoms with E-state index in [-0.39, 0.29) is 24.3 Å². The van der Waals surface area contributed by atoms with Crippen LogP contribution >= 0.6 is 0 Å². The Kier molecular flexibility index (Phi) is 5.87. The lowest BCUT2D eigenvalue weighted by molar-refractivity contribution is -0.210. The van der Waals surface area contributed by atoms with Gasteiger partial charge in [-0.3, -0.25) is 19.9 Å². The summed E-state index contributed by atoms with van der Waals surface area (Å²) in [6.07, 6.45) is 1.57. The fourth-order valence-corrected chi connectivity index (χ4v) is 5.29. The molecule has 3 atom stereocenters. The van der Waals surface area contributed by atoms with E-state index in [2.05, 4.69) is 40.0 Å². The standard InChI is InChI=1S/C21H30N4O4/c1-28-20(27)17-12-18(26)25(29-2)21(17)8-10-24(11-9-21)14-16-13-22-23-19(16)15-6-4-3-5-7-15/h3-7,16-17,19,22-23H,8-14H2,1-2H3. The zero-order valence-electron chi connectivity index (χ0n) is 17.1. The molecule has 8 heteroatoms. The minimum atomic E-state index is -0.597. The second-order valence-corrected chi connectivity index (χ2v) is 8.23. The van der Waals surface area contributed by atoms with Crippen LogP contribution in [-0.2, 0) is 19.2 Å². The predicted molar refractivity (Wildman–Crippen MR) is 106 cm³/mol. The van der Waals surface area contributed by atoms with Crippen LogP contribution in [0.3, 0.4) is 0 Å². The molecule has 0 saturated carbocycles. The van der Waals surface area contributed by atoms with Crippen LogP contribution in [0.2, 0.25) is 0 Å². The van der Waals surface area contributed by atoms with E-state index in [9.17, 15) is 9.59 Å². The van der Waals surface area contributed by atoms with Crippen molar-refractivity contribution in [1.82, 2.24) is 20.8 Å². The van der Waals surface area contributed by atoms with Crippen molar-refractivity contribution >= 4 is 11.9 Å². The number of ether oxygens (including phenoxy) is 1. The van der Waals surface area contributed by atoms with E-state index in [1.165, 1.54) is 24.8 Å². The van der Waals surface area contributed by atoms with Crippen molar-refractivity contribution in [3.63, 3.8) is 0 Å². The predicted octanol–water partition coefficient (Wildman–Crippen LogP) is 0.869. The van der Waals surface area contributed by atoms with E-state index in [4.69, 9.17) is 9.57 Å². The molecule has 0 aliphatic carbocycles. The van der Waals surface area contributed by atoms with E-state index in [0.717, 1.165) is 26.2 Å². The molecule has 3 aliphatic rings. The molecule has 158 valence electrons. The first-order chi connectivity index (χ1) is 14.1. The minimum Gasteiger partial charge on any atom is -0.469 e. The highest BCUT2D eigenvalue weighted by Gasteiger charge is 2.58. The molecule has 3 unspecified atom stereocenters. The molecule has 0 bridgehead atoms. The molecular formula is C21H30N4O4. The number of nitrogens with zero attached hydrogens (tertiary/aromatic N) is 2. The van der Waals surface area contributed by atoms with E-state index < -0.39 is 11.5 Å². The quantitative estimate of drug-likeness (QED) is 0.707. The maximum absolute atomic E-state index is 12.4. The highest BCUT2D eigenvalue weighted by molar-refractivity contribution is 5.88. The largest absolute Gasteiger partial charge is 0.469 e. The summed E-state index contributed by atoms with van der Waals surface area (Å²) >= 11 is 0. The number of nitrogens with one attached hydrogen (secondary N) is 2. The first kappa shape index (κ1) is 20.3. The maximum Gasteiger partial charge on any atom is 0.311 e. The Bertz CT molecular complexity index is 733. The van der Waals surface area contributed by atoms with Gasteiger partial charge >= 0.3 is 5.97 Å². The summed E-state index contributed by atoms with van der Waals surface area (Å²) in [4.78, 5) is 32.7. The average Bonchev–Trinajstić information content (AvgIpc) is 3.32. The molecule has 4 rings (SSSR count). The number of amides is 1. The smallest absolute Gasteiger partial charge is 0.311 e. The summed E-state index contributed by atoms with van der Waals surface area (Å²) in [7, 11) is 2.89. The molecule has 29 heavy (non-hydrogen) atoms. The molecule has 3 aliphatic heterocycles. The third-order valence-electron chi connectivity index (χ3n) is 6.79. The molecule has 3 heterocycles. The number of hydrogen-bond acceptors (Lipinski definition) is 7. The van der Waals surface area contributed by atoms with E-state index in [0.29, 0.717) is 18.8 Å². The lowest BCUT2D eigenvalue weighted by Crippen LogP contribution is -2.57. The van der Waals surface area contributed by atoms with Gasteiger partial charge in [-0.2, -0.15) is 0 Å². The van der Waals surface area contributed by atoms with Gasteiger partial charge in [-0.15, -0.1) is 0 Å². The Balaban J connectivity index is 1.43. The molecule has 1 amide bonds. The van der Waals surface area contributed by atoms with Crippen LogP contribution in [0.15, 0.2) is 30.3 Å². The number of benzene rings is 1. The third-order valence-corrected chi connectivity index (χ3v) is 6.79. The highest BCUT2D eigenvalue weighted by atomic mass is 16.7. The van der Waals surface area contributed by atoms with Gasteiger partial charge in [0.25, 0.3) is 0 Å². The van der Waals surface area contributed by atoms with Crippen molar-refractivity contribution in [3.8, 4) is 0 Å². The summed E-state index contributed by atoms with van der Waals surface area (Å²) in [5.41, 5.74) is 7.39. The molecule has 8 nitrogen and oxygen atoms in total. The van der Waals surface area contributed by atoms with Gasteiger partial charge in [-0.1, -0.05) is 30.3 Å². The van der Waals surface area contributed by atoms with E-state index in [1.54, 1.807) is 0 Å². The number of carbonyl (C=O) groups excluding carboxylic acids is 2. The normalized spacial score (nSPS) is 29.5. The van der Waals surface area contributed by atoms with Gasteiger partial charge < -0.3 is 9.64 Å². The minimum absolute atomic E-state index is 0.135. The molecule has 0 aromatic heterocycles. The fraction of sp³-hybridized carbons (Fsp3) is 0.619. The monoisotopic (exact) mass is 402 g/mol. The van der Waals surface area contributed by atoms with Gasteiger partial charge in [-0.25, -0.2) is 10.5 Å². The number of carbonyl (C=O) groups is 2. The Morgan fingerprint density at radius 2 is 1.93 bits per heavy atom. The number of hydrazine groups is 1. The summed E-state index contributed by atoms with van der Waals surface area (Å²) < 4.78 is 5.00. The molecule has 2 N–H and O–H groups in total. The summed E-state index contributed by atoms with van der Waals surface area (Å²) in [5.74, 6) is -0.468. The highest BCUT2D eigenvalue weighted by Crippen LogP contribution is 2.44. The molecule has 1 spiro atoms. The number of hydrogen-bond donors (Lipinski definition) is 2. The molecular weight excluding hydrogens is 372 g/mol. The zero-order chi connectivity index (χ0) is 20.4. The van der Waals surface area contributed by atoms with Gasteiger partial charge in [0.2, 0.25) is 5.91 Å². The van der Waals surface area contributed by atoms with Crippen LogP contribution in [0.4, 0.5) is 0 Å². The first-order valence-electron chi connectivity index (χ1n) is 10.3. The summed E-state index contributed by atoms with van der Waals surface area (Å²) in [5, 5.41) is 1.44. The molecule has 1 aromatic carbocycles. The first-order valence-corrected chi connectivity index (χ1v) is 10.3. The molecule has 3 saturated heterocycles. The van der Waals surface area contributed by atoms with Crippen molar-refractivity contribution in [2.45, 2.75) is 30.8 Å². The van der Waals surface area contributed by atoms with Crippen LogP contribution in [-0.4, -0.2) is 67.8 Å². The number of rotatable bonds is 5. The van der Waals surface area contributed by atoms with Crippen LogP contribution in [0.25, 0.3) is 0 Å². The second kappa shape index (κ2) is 8.39. The molecule has 0 radical (unpaired) electrons. The Labute approximate surface area is 171 Å². The van der Waals surface area contributed by atoms with Crippen molar-refractivity contribution in [3.05, 3.63) is 35.9 Å². The Hall–Kier alpha value is -2.00. The lowest BCUT2D eigenvalue weighted by Gasteiger charge is -2.46. The SMILES string of the molecule is COC(=O)C1CC(=O)N(OC)C12CCN(CC1CNNC1c1ccccc1)CC2. The average molecular weight is 402 g/mol. The lowest BCUT2D eigenvalue weighted by atomic mass is 9.77. The van der Waals surface area contributed by atoms with E-state index in [1.807, 2.05) is 6.07 Å². The van der Waals surface area contributed by atoms with Gasteiger partial charge in [0.1, 0.15) is 0 Å². The Morgan fingerprint density at radius 1 is 1.21 bits per heavy atom. The Morgan fingerprint density at radius 3 is 2.59 bits per heavy atom. The summed E-state index contributed by atoms with van der Waals surface area (Å²) in [6.45, 7) is 3.51. The van der Waals surface area contributed by atoms with Gasteiger partial charge in [0.05, 0.1) is 31.7 Å². The topological polar surface area (TPSA) is 83.1 Å². The van der Waals surface area contributed by atoms with E-state index >= 15 is 0 Å². The number of hydroxylamine groups is 2. The van der Waals surface area contributed by atoms with Gasteiger partial charge in [-0.05, 0) is 18.4 Å². The fourth-order valence-electron chi connectivity index (χ4n) is 5.29. The molecule has 3 fully saturated rings. The van der Waals surface area contributed by atoms with Crippen molar-refractivity contribution in [1.29, 1.82) is 0 Å². The molecule has 1 aromatic rings. The van der Waals surface area contributed by atoms with Gasteiger partial charge in [0.15, 0.2) is 0 Å². The second-order valence-electron chi connectivity index (χ2n) is 8.23. The number of methoxy groups -OCH3 is 1. The number of esters is 1. The maximum atomic E-state index is 12.4. The summed E-state index contributed by atoms with van der Waals surface area (Å²) in [6, 6.07) is 10.8. The number of piperidine rings is 1. The third kappa shape index (κ3) is 3.66. The van der Waals surface area contributed by atoms with Crippen molar-refractivity contribution in [2.24, 2.45) is 11.8 Å². The van der Waals surface area contributed by atoms with Crippen LogP contribution < -0.4 is 10.9 Å². The number of likely N-dealkylation sites (tertiary alicyclic amines) is 1. The van der Waals surface area contributed by atoms with Crippen LogP contribution in [0, 0.1) is 11.8 Å². The van der Waals surface area contributed by atoms with Crippen molar-refractivity contribution in [2.75, 3.05) is 40.4 Å².